The lowest BCUT2D eigenvalue weighted by Crippen LogP contribution is -2.53. The van der Waals surface area contributed by atoms with E-state index >= 15 is 0 Å². The number of nitrogens with zero attached hydrogens (tertiary/aromatic N) is 1. The van der Waals surface area contributed by atoms with Gasteiger partial charge in [-0.15, -0.1) is 0 Å². The molecule has 5 nitrogen and oxygen atoms in total. The minimum atomic E-state index is -0.569. The lowest BCUT2D eigenvalue weighted by Gasteiger charge is -2.31. The van der Waals surface area contributed by atoms with Crippen molar-refractivity contribution < 1.29 is 14.4 Å². The smallest absolute Gasteiger partial charge is 0.251 e. The third kappa shape index (κ3) is 3.93. The summed E-state index contributed by atoms with van der Waals surface area (Å²) in [6.45, 7) is 4.70. The Balaban J connectivity index is 2.05. The zero-order valence-corrected chi connectivity index (χ0v) is 13.0. The molecule has 0 saturated carbocycles. The molecule has 0 bridgehead atoms. The number of piperidine rings is 1. The summed E-state index contributed by atoms with van der Waals surface area (Å²) in [5, 5.41) is 2.83. The van der Waals surface area contributed by atoms with Crippen molar-refractivity contribution in [3.63, 3.8) is 0 Å². The van der Waals surface area contributed by atoms with Crippen LogP contribution in [0.2, 0.25) is 0 Å². The molecule has 5 heteroatoms. The minimum Gasteiger partial charge on any atom is -0.340 e. The van der Waals surface area contributed by atoms with Gasteiger partial charge in [-0.25, -0.2) is 0 Å². The van der Waals surface area contributed by atoms with Crippen molar-refractivity contribution >= 4 is 17.6 Å². The van der Waals surface area contributed by atoms with Gasteiger partial charge in [-0.1, -0.05) is 32.0 Å². The monoisotopic (exact) mass is 302 g/mol. The largest absolute Gasteiger partial charge is 0.340 e. The van der Waals surface area contributed by atoms with Crippen molar-refractivity contribution in [3.05, 3.63) is 35.9 Å². The summed E-state index contributed by atoms with van der Waals surface area (Å²) < 4.78 is 0. The highest BCUT2D eigenvalue weighted by Crippen LogP contribution is 2.12. The third-order valence-corrected chi connectivity index (χ3v) is 3.89. The average molecular weight is 302 g/mol. The Morgan fingerprint density at radius 1 is 1.09 bits per heavy atom. The van der Waals surface area contributed by atoms with Crippen molar-refractivity contribution in [2.24, 2.45) is 5.92 Å². The number of carbonyl (C=O) groups excluding carboxylic acids is 3. The van der Waals surface area contributed by atoms with E-state index in [1.807, 2.05) is 19.9 Å². The lowest BCUT2D eigenvalue weighted by molar-refractivity contribution is -0.137. The summed E-state index contributed by atoms with van der Waals surface area (Å²) in [6.07, 6.45) is 0.812. The molecular formula is C17H22N2O3. The number of nitrogens with one attached hydrogen (secondary N) is 1. The van der Waals surface area contributed by atoms with Gasteiger partial charge >= 0.3 is 0 Å². The number of rotatable bonds is 4. The maximum absolute atomic E-state index is 12.6. The Kier molecular flexibility index (Phi) is 5.31. The average Bonchev–Trinajstić information content (AvgIpc) is 2.53. The van der Waals surface area contributed by atoms with Crippen LogP contribution in [0.5, 0.6) is 0 Å². The quantitative estimate of drug-likeness (QED) is 0.919. The first-order chi connectivity index (χ1) is 10.5. The summed E-state index contributed by atoms with van der Waals surface area (Å²) in [5.41, 5.74) is 0.537. The van der Waals surface area contributed by atoms with Gasteiger partial charge in [-0.3, -0.25) is 14.4 Å². The third-order valence-electron chi connectivity index (χ3n) is 3.89. The molecule has 1 saturated heterocycles. The van der Waals surface area contributed by atoms with Crippen LogP contribution in [0.1, 0.15) is 37.0 Å². The van der Waals surface area contributed by atoms with Crippen LogP contribution in [0.15, 0.2) is 30.3 Å². The van der Waals surface area contributed by atoms with E-state index in [0.29, 0.717) is 31.5 Å². The highest BCUT2D eigenvalue weighted by molar-refractivity contribution is 5.97. The molecule has 0 spiro atoms. The van der Waals surface area contributed by atoms with E-state index in [1.165, 1.54) is 0 Å². The van der Waals surface area contributed by atoms with Crippen LogP contribution < -0.4 is 5.32 Å². The maximum Gasteiger partial charge on any atom is 0.251 e. The number of likely N-dealkylation sites (tertiary alicyclic amines) is 1. The fourth-order valence-electron chi connectivity index (χ4n) is 2.50. The summed E-state index contributed by atoms with van der Waals surface area (Å²) in [6, 6.07) is 8.29. The summed E-state index contributed by atoms with van der Waals surface area (Å²) >= 11 is 0. The zero-order valence-electron chi connectivity index (χ0n) is 13.0. The lowest BCUT2D eigenvalue weighted by atomic mass is 10.0. The molecule has 1 aromatic rings. The Bertz CT molecular complexity index is 544. The standard InChI is InChI=1S/C17H22N2O3/c1-12(2)15(17(22)19-10-8-14(20)9-11-19)18-16(21)13-6-4-3-5-7-13/h3-7,12,15H,8-11H2,1-2H3,(H,18,21). The van der Waals surface area contributed by atoms with E-state index in [0.717, 1.165) is 0 Å². The van der Waals surface area contributed by atoms with Crippen LogP contribution in [0.4, 0.5) is 0 Å². The Hall–Kier alpha value is -2.17. The molecule has 1 fully saturated rings. The molecule has 1 atom stereocenters. The fraction of sp³-hybridized carbons (Fsp3) is 0.471. The molecule has 2 amide bonds. The molecule has 1 N–H and O–H groups in total. The van der Waals surface area contributed by atoms with Crippen LogP contribution >= 0.6 is 0 Å². The summed E-state index contributed by atoms with van der Waals surface area (Å²) in [4.78, 5) is 37.8. The molecule has 118 valence electrons. The molecule has 1 aliphatic rings. The second kappa shape index (κ2) is 7.20. The number of amides is 2. The second-order valence-electron chi connectivity index (χ2n) is 5.93. The molecule has 1 unspecified atom stereocenters. The predicted octanol–water partition coefficient (Wildman–Crippen LogP) is 1.63. The number of hydrogen-bond acceptors (Lipinski definition) is 3. The van der Waals surface area contributed by atoms with Gasteiger partial charge in [0.2, 0.25) is 5.91 Å². The topological polar surface area (TPSA) is 66.5 Å². The number of hydrogen-bond donors (Lipinski definition) is 1. The van der Waals surface area contributed by atoms with Crippen molar-refractivity contribution in [2.75, 3.05) is 13.1 Å². The fourth-order valence-corrected chi connectivity index (χ4v) is 2.50. The SMILES string of the molecule is CC(C)C(NC(=O)c1ccccc1)C(=O)N1CCC(=O)CC1. The van der Waals surface area contributed by atoms with E-state index in [2.05, 4.69) is 5.32 Å². The molecule has 1 aromatic carbocycles. The van der Waals surface area contributed by atoms with Crippen molar-refractivity contribution in [1.82, 2.24) is 10.2 Å². The summed E-state index contributed by atoms with van der Waals surface area (Å²) in [5.74, 6) is -0.177. The van der Waals surface area contributed by atoms with Crippen LogP contribution in [-0.4, -0.2) is 41.6 Å². The first kappa shape index (κ1) is 16.2. The molecular weight excluding hydrogens is 280 g/mol. The number of ketones is 1. The summed E-state index contributed by atoms with van der Waals surface area (Å²) in [7, 11) is 0. The van der Waals surface area contributed by atoms with E-state index < -0.39 is 6.04 Å². The Morgan fingerprint density at radius 3 is 2.23 bits per heavy atom. The van der Waals surface area contributed by atoms with Gasteiger partial charge in [0.25, 0.3) is 5.91 Å². The van der Waals surface area contributed by atoms with Crippen molar-refractivity contribution in [2.45, 2.75) is 32.7 Å². The molecule has 22 heavy (non-hydrogen) atoms. The van der Waals surface area contributed by atoms with Gasteiger partial charge in [-0.2, -0.15) is 0 Å². The van der Waals surface area contributed by atoms with Gasteiger partial charge in [0, 0.05) is 31.5 Å². The minimum absolute atomic E-state index is 0.0159. The Morgan fingerprint density at radius 2 is 1.68 bits per heavy atom. The van der Waals surface area contributed by atoms with E-state index in [1.54, 1.807) is 29.2 Å². The highest BCUT2D eigenvalue weighted by atomic mass is 16.2. The maximum atomic E-state index is 12.6. The molecule has 0 aromatic heterocycles. The van der Waals surface area contributed by atoms with Gasteiger partial charge in [0.1, 0.15) is 11.8 Å². The molecule has 2 rings (SSSR count). The molecule has 0 aliphatic carbocycles. The van der Waals surface area contributed by atoms with Crippen molar-refractivity contribution in [1.29, 1.82) is 0 Å². The number of carbonyl (C=O) groups is 3. The van der Waals surface area contributed by atoms with Gasteiger partial charge in [-0.05, 0) is 18.1 Å². The van der Waals surface area contributed by atoms with Crippen LogP contribution in [0, 0.1) is 5.92 Å². The normalized spacial score (nSPS) is 16.5. The van der Waals surface area contributed by atoms with Crippen LogP contribution in [0.25, 0.3) is 0 Å². The second-order valence-corrected chi connectivity index (χ2v) is 5.93. The van der Waals surface area contributed by atoms with Crippen LogP contribution in [-0.2, 0) is 9.59 Å². The Labute approximate surface area is 130 Å². The molecule has 0 radical (unpaired) electrons. The van der Waals surface area contributed by atoms with Crippen molar-refractivity contribution in [3.8, 4) is 0 Å². The molecule has 1 aliphatic heterocycles. The van der Waals surface area contributed by atoms with Gasteiger partial charge in [0.15, 0.2) is 0 Å². The van der Waals surface area contributed by atoms with E-state index in [9.17, 15) is 14.4 Å². The predicted molar refractivity (Wildman–Crippen MR) is 83.4 cm³/mol. The van der Waals surface area contributed by atoms with Gasteiger partial charge in [0.05, 0.1) is 0 Å². The number of Topliss-reactive ketones (excluding diaryl/α,β-unsaturated/α-hetero) is 1. The first-order valence-corrected chi connectivity index (χ1v) is 7.65. The number of benzene rings is 1. The highest BCUT2D eigenvalue weighted by Gasteiger charge is 2.30. The first-order valence-electron chi connectivity index (χ1n) is 7.65. The van der Waals surface area contributed by atoms with Gasteiger partial charge < -0.3 is 10.2 Å². The van der Waals surface area contributed by atoms with Crippen LogP contribution in [0.3, 0.4) is 0 Å². The zero-order chi connectivity index (χ0) is 16.1. The molecule has 1 heterocycles. The van der Waals surface area contributed by atoms with E-state index in [4.69, 9.17) is 0 Å². The van der Waals surface area contributed by atoms with E-state index in [-0.39, 0.29) is 23.5 Å².